The molecule has 37 heavy (non-hydrogen) atoms. The van der Waals surface area contributed by atoms with Gasteiger partial charge in [-0.25, -0.2) is 28.7 Å². The molecule has 4 heterocycles. The van der Waals surface area contributed by atoms with Crippen LogP contribution in [0.3, 0.4) is 0 Å². The number of pyridine rings is 2. The van der Waals surface area contributed by atoms with E-state index in [2.05, 4.69) is 38.8 Å². The predicted molar refractivity (Wildman–Crippen MR) is 143 cm³/mol. The fourth-order valence-electron chi connectivity index (χ4n) is 4.92. The average Bonchev–Trinajstić information content (AvgIpc) is 3.77. The van der Waals surface area contributed by atoms with Crippen LogP contribution in [0, 0.1) is 17.6 Å². The van der Waals surface area contributed by atoms with Gasteiger partial charge < -0.3 is 10.6 Å². The van der Waals surface area contributed by atoms with E-state index in [0.29, 0.717) is 23.5 Å². The number of hydrogen-bond acceptors (Lipinski definition) is 6. The summed E-state index contributed by atoms with van der Waals surface area (Å²) in [6.07, 6.45) is 8.25. The van der Waals surface area contributed by atoms with Crippen molar-refractivity contribution in [2.75, 3.05) is 18.4 Å². The molecule has 2 N–H and O–H groups in total. The van der Waals surface area contributed by atoms with E-state index in [1.807, 2.05) is 19.9 Å². The van der Waals surface area contributed by atoms with Crippen molar-refractivity contribution in [1.29, 1.82) is 0 Å². The topological polar surface area (TPSA) is 75.6 Å². The Morgan fingerprint density at radius 2 is 1.78 bits per heavy atom. The van der Waals surface area contributed by atoms with Crippen molar-refractivity contribution in [3.05, 3.63) is 71.7 Å². The van der Waals surface area contributed by atoms with Gasteiger partial charge in [-0.1, -0.05) is 26.0 Å². The zero-order valence-electron chi connectivity index (χ0n) is 21.3. The molecule has 3 aromatic heterocycles. The molecule has 6 rings (SSSR count). The lowest BCUT2D eigenvalue weighted by Gasteiger charge is -2.23. The molecule has 2 aliphatic rings. The van der Waals surface area contributed by atoms with Gasteiger partial charge >= 0.3 is 0 Å². The molecule has 192 valence electrons. The van der Waals surface area contributed by atoms with E-state index < -0.39 is 11.6 Å². The highest BCUT2D eigenvalue weighted by molar-refractivity contribution is 5.87. The predicted octanol–water partition coefficient (Wildman–Crippen LogP) is 6.55. The molecule has 8 heteroatoms. The van der Waals surface area contributed by atoms with E-state index in [4.69, 9.17) is 9.97 Å². The normalized spacial score (nSPS) is 15.8. The second-order valence-corrected chi connectivity index (χ2v) is 9.45. The van der Waals surface area contributed by atoms with Crippen molar-refractivity contribution in [2.24, 2.45) is 5.92 Å². The number of halogens is 2. The SMILES string of the molecule is CC.Fc1cnc(Nc2cc(-c3nc(CC4CCNCC4)c4c(C5CC5)cccc4n3)ccn2)c(F)c1. The summed E-state index contributed by atoms with van der Waals surface area (Å²) in [4.78, 5) is 18.1. The number of piperidine rings is 1. The number of nitrogens with one attached hydrogen (secondary N) is 2. The number of nitrogens with zero attached hydrogens (tertiary/aromatic N) is 4. The second kappa shape index (κ2) is 11.3. The largest absolute Gasteiger partial charge is 0.322 e. The smallest absolute Gasteiger partial charge is 0.168 e. The molecule has 1 aliphatic heterocycles. The number of hydrogen-bond donors (Lipinski definition) is 2. The Balaban J connectivity index is 0.00000137. The third-order valence-electron chi connectivity index (χ3n) is 6.86. The summed E-state index contributed by atoms with van der Waals surface area (Å²) < 4.78 is 27.3. The Kier molecular flexibility index (Phi) is 7.65. The Morgan fingerprint density at radius 3 is 2.54 bits per heavy atom. The molecule has 0 atom stereocenters. The first-order valence-corrected chi connectivity index (χ1v) is 13.2. The summed E-state index contributed by atoms with van der Waals surface area (Å²) >= 11 is 0. The van der Waals surface area contributed by atoms with Gasteiger partial charge in [-0.05, 0) is 80.8 Å². The Labute approximate surface area is 216 Å². The molecule has 1 saturated heterocycles. The number of aromatic nitrogens is 4. The Hall–Kier alpha value is -3.52. The van der Waals surface area contributed by atoms with E-state index in [9.17, 15) is 8.78 Å². The minimum atomic E-state index is -0.781. The lowest BCUT2D eigenvalue weighted by Crippen LogP contribution is -2.29. The van der Waals surface area contributed by atoms with E-state index in [1.165, 1.54) is 23.8 Å². The molecule has 6 nitrogen and oxygen atoms in total. The Morgan fingerprint density at radius 1 is 0.973 bits per heavy atom. The first kappa shape index (κ1) is 25.1. The maximum Gasteiger partial charge on any atom is 0.168 e. The molecule has 2 fully saturated rings. The third-order valence-corrected chi connectivity index (χ3v) is 6.86. The summed E-state index contributed by atoms with van der Waals surface area (Å²) in [5.41, 5.74) is 4.21. The standard InChI is InChI=1S/C27H26F2N6.C2H6/c28-19-14-21(29)27(32-15-19)35-24-13-18(8-11-31-24)26-33-22-3-1-2-20(17-4-5-17)25(22)23(34-26)12-16-6-9-30-10-7-16;1-2/h1-3,8,11,13-17,30H,4-7,9-10,12H2,(H,31,32,35);1-2H3. The van der Waals surface area contributed by atoms with Gasteiger partial charge in [0.25, 0.3) is 0 Å². The lowest BCUT2D eigenvalue weighted by molar-refractivity contribution is 0.371. The van der Waals surface area contributed by atoms with Crippen LogP contribution < -0.4 is 10.6 Å². The first-order valence-electron chi connectivity index (χ1n) is 13.2. The number of anilines is 2. The van der Waals surface area contributed by atoms with Crippen LogP contribution in [0.1, 0.15) is 56.7 Å². The quantitative estimate of drug-likeness (QED) is 0.311. The summed E-state index contributed by atoms with van der Waals surface area (Å²) in [7, 11) is 0. The van der Waals surface area contributed by atoms with E-state index >= 15 is 0 Å². The summed E-state index contributed by atoms with van der Waals surface area (Å²) in [6, 6.07) is 10.8. The molecule has 0 amide bonds. The van der Waals surface area contributed by atoms with Gasteiger partial charge in [0, 0.05) is 23.2 Å². The monoisotopic (exact) mass is 502 g/mol. The average molecular weight is 503 g/mol. The Bertz CT molecular complexity index is 1380. The van der Waals surface area contributed by atoms with Crippen LogP contribution in [-0.2, 0) is 6.42 Å². The minimum absolute atomic E-state index is 0.0869. The van der Waals surface area contributed by atoms with Gasteiger partial charge in [0.1, 0.15) is 11.6 Å². The molecular formula is C29H32F2N6. The minimum Gasteiger partial charge on any atom is -0.322 e. The van der Waals surface area contributed by atoms with Crippen LogP contribution in [0.25, 0.3) is 22.3 Å². The number of benzene rings is 1. The van der Waals surface area contributed by atoms with Crippen molar-refractivity contribution in [3.63, 3.8) is 0 Å². The summed E-state index contributed by atoms with van der Waals surface area (Å²) in [5, 5.41) is 7.49. The van der Waals surface area contributed by atoms with Crippen LogP contribution in [0.4, 0.5) is 20.4 Å². The van der Waals surface area contributed by atoms with E-state index in [-0.39, 0.29) is 5.82 Å². The van der Waals surface area contributed by atoms with Crippen LogP contribution in [0.15, 0.2) is 48.8 Å². The molecule has 1 aromatic carbocycles. The molecular weight excluding hydrogens is 470 g/mol. The van der Waals surface area contributed by atoms with Crippen LogP contribution in [-0.4, -0.2) is 33.0 Å². The highest BCUT2D eigenvalue weighted by Gasteiger charge is 2.28. The maximum absolute atomic E-state index is 14.1. The second-order valence-electron chi connectivity index (χ2n) is 9.45. The van der Waals surface area contributed by atoms with Gasteiger partial charge in [0.05, 0.1) is 17.4 Å². The molecule has 1 aliphatic carbocycles. The molecule has 0 spiro atoms. The number of rotatable bonds is 6. The fourth-order valence-corrected chi connectivity index (χ4v) is 4.92. The summed E-state index contributed by atoms with van der Waals surface area (Å²) in [6.45, 7) is 6.09. The zero-order chi connectivity index (χ0) is 25.8. The van der Waals surface area contributed by atoms with E-state index in [1.54, 1.807) is 12.3 Å². The third kappa shape index (κ3) is 5.74. The fraction of sp³-hybridized carbons (Fsp3) is 0.379. The lowest BCUT2D eigenvalue weighted by atomic mass is 9.90. The van der Waals surface area contributed by atoms with Crippen LogP contribution in [0.2, 0.25) is 0 Å². The molecule has 0 unspecified atom stereocenters. The highest BCUT2D eigenvalue weighted by atomic mass is 19.1. The molecule has 1 saturated carbocycles. The van der Waals surface area contributed by atoms with Crippen molar-refractivity contribution < 1.29 is 8.78 Å². The van der Waals surface area contributed by atoms with Crippen molar-refractivity contribution in [1.82, 2.24) is 25.3 Å². The summed E-state index contributed by atoms with van der Waals surface area (Å²) in [5.74, 6) is 0.605. The van der Waals surface area contributed by atoms with Gasteiger partial charge in [-0.2, -0.15) is 0 Å². The van der Waals surface area contributed by atoms with Gasteiger partial charge in [-0.15, -0.1) is 0 Å². The zero-order valence-corrected chi connectivity index (χ0v) is 21.3. The molecule has 0 bridgehead atoms. The van der Waals surface area contributed by atoms with Crippen molar-refractivity contribution >= 4 is 22.5 Å². The first-order chi connectivity index (χ1) is 18.1. The van der Waals surface area contributed by atoms with Gasteiger partial charge in [-0.3, -0.25) is 0 Å². The number of fused-ring (bicyclic) bond motifs is 1. The molecule has 0 radical (unpaired) electrons. The van der Waals surface area contributed by atoms with Crippen LogP contribution in [0.5, 0.6) is 0 Å². The highest BCUT2D eigenvalue weighted by Crippen LogP contribution is 2.44. The van der Waals surface area contributed by atoms with Crippen molar-refractivity contribution in [3.8, 4) is 11.4 Å². The van der Waals surface area contributed by atoms with Crippen molar-refractivity contribution in [2.45, 2.75) is 51.9 Å². The maximum atomic E-state index is 14.1. The van der Waals surface area contributed by atoms with Crippen LogP contribution >= 0.6 is 0 Å². The molecule has 4 aromatic rings. The van der Waals surface area contributed by atoms with Gasteiger partial charge in [0.15, 0.2) is 17.5 Å². The van der Waals surface area contributed by atoms with Gasteiger partial charge in [0.2, 0.25) is 0 Å². The van der Waals surface area contributed by atoms with E-state index in [0.717, 1.165) is 61.4 Å².